The van der Waals surface area contributed by atoms with Crippen LogP contribution in [0, 0.1) is 11.8 Å². The fraction of sp³-hybridized carbons (Fsp3) is 0.667. The van der Waals surface area contributed by atoms with E-state index in [9.17, 15) is 4.79 Å². The summed E-state index contributed by atoms with van der Waals surface area (Å²) in [6.45, 7) is 5.53. The van der Waals surface area contributed by atoms with Gasteiger partial charge in [-0.3, -0.25) is 4.79 Å². The molecule has 0 aromatic heterocycles. The smallest absolute Gasteiger partial charge is 0.255 e. The molecule has 1 saturated heterocycles. The maximum atomic E-state index is 12.8. The number of nitrogen functional groups attached to an aromatic ring is 1. The van der Waals surface area contributed by atoms with Gasteiger partial charge < -0.3 is 20.7 Å². The number of nitrogens with zero attached hydrogens (tertiary/aromatic N) is 1. The van der Waals surface area contributed by atoms with E-state index >= 15 is 0 Å². The van der Waals surface area contributed by atoms with Crippen molar-refractivity contribution < 1.29 is 9.53 Å². The van der Waals surface area contributed by atoms with Crippen LogP contribution in [0.25, 0.3) is 0 Å². The Morgan fingerprint density at radius 3 is 2.70 bits per heavy atom. The van der Waals surface area contributed by atoms with Gasteiger partial charge in [-0.05, 0) is 37.2 Å². The summed E-state index contributed by atoms with van der Waals surface area (Å²) in [5.74, 6) is 1.59. The molecule has 3 N–H and O–H groups in total. The number of ether oxygens (including phenoxy) is 1. The van der Waals surface area contributed by atoms with Crippen LogP contribution in [0.1, 0.15) is 55.8 Å². The van der Waals surface area contributed by atoms with Crippen molar-refractivity contribution >= 4 is 23.2 Å². The van der Waals surface area contributed by atoms with E-state index in [1.54, 1.807) is 12.1 Å². The number of hydrogen-bond acceptors (Lipinski definition) is 4. The van der Waals surface area contributed by atoms with Crippen molar-refractivity contribution in [1.29, 1.82) is 0 Å². The van der Waals surface area contributed by atoms with Crippen LogP contribution in [0.2, 0.25) is 5.02 Å². The summed E-state index contributed by atoms with van der Waals surface area (Å²) in [5.41, 5.74) is 6.66. The van der Waals surface area contributed by atoms with E-state index in [4.69, 9.17) is 22.1 Å². The van der Waals surface area contributed by atoms with Crippen LogP contribution in [0.15, 0.2) is 12.1 Å². The zero-order chi connectivity index (χ0) is 19.4. The molecule has 1 heterocycles. The van der Waals surface area contributed by atoms with Gasteiger partial charge in [0.25, 0.3) is 5.91 Å². The van der Waals surface area contributed by atoms with E-state index in [-0.39, 0.29) is 11.9 Å². The molecule has 2 unspecified atom stereocenters. The number of rotatable bonds is 5. The lowest BCUT2D eigenvalue weighted by molar-refractivity contribution is 0.0835. The minimum absolute atomic E-state index is 0.147. The second-order valence-corrected chi connectivity index (χ2v) is 8.59. The van der Waals surface area contributed by atoms with E-state index in [0.29, 0.717) is 27.9 Å². The van der Waals surface area contributed by atoms with Gasteiger partial charge in [0.2, 0.25) is 0 Å². The predicted octanol–water partition coefficient (Wildman–Crippen LogP) is 3.95. The Labute approximate surface area is 167 Å². The van der Waals surface area contributed by atoms with Crippen molar-refractivity contribution in [2.24, 2.45) is 11.8 Å². The molecule has 1 saturated carbocycles. The fourth-order valence-electron chi connectivity index (χ4n) is 4.51. The second kappa shape index (κ2) is 9.16. The summed E-state index contributed by atoms with van der Waals surface area (Å²) >= 11 is 6.10. The lowest BCUT2D eigenvalue weighted by atomic mass is 9.87. The largest absolute Gasteiger partial charge is 0.496 e. The zero-order valence-corrected chi connectivity index (χ0v) is 17.2. The number of nitrogens with one attached hydrogen (secondary N) is 1. The first-order valence-electron chi connectivity index (χ1n) is 10.1. The molecule has 5 nitrogen and oxygen atoms in total. The maximum Gasteiger partial charge on any atom is 0.255 e. The molecule has 0 radical (unpaired) electrons. The molecule has 2 fully saturated rings. The van der Waals surface area contributed by atoms with Crippen molar-refractivity contribution in [3.8, 4) is 5.75 Å². The average Bonchev–Trinajstić information content (AvgIpc) is 2.66. The summed E-state index contributed by atoms with van der Waals surface area (Å²) in [5, 5.41) is 3.56. The molecule has 6 heteroatoms. The minimum Gasteiger partial charge on any atom is -0.496 e. The summed E-state index contributed by atoms with van der Waals surface area (Å²) in [4.78, 5) is 15.4. The molecule has 1 aromatic rings. The molecule has 1 aliphatic carbocycles. The molecule has 2 atom stereocenters. The zero-order valence-electron chi connectivity index (χ0n) is 16.5. The van der Waals surface area contributed by atoms with Crippen LogP contribution >= 0.6 is 11.6 Å². The molecule has 3 rings (SSSR count). The van der Waals surface area contributed by atoms with Crippen LogP contribution in [-0.2, 0) is 0 Å². The molecule has 1 aliphatic heterocycles. The number of nitrogens with two attached hydrogens (primary N) is 1. The van der Waals surface area contributed by atoms with E-state index in [1.165, 1.54) is 45.8 Å². The highest BCUT2D eigenvalue weighted by atomic mass is 35.5. The normalized spacial score (nSPS) is 24.6. The maximum absolute atomic E-state index is 12.8. The standard InChI is InChI=1S/C21H32ClN3O2/c1-14-12-25(13-15-6-4-3-5-7-15)9-8-19(14)24-21(26)16-10-17(22)18(23)11-20(16)27-2/h10-11,14-15,19H,3-9,12-13,23H2,1-2H3,(H,24,26). The van der Waals surface area contributed by atoms with Gasteiger partial charge in [-0.15, -0.1) is 0 Å². The number of piperidine rings is 1. The monoisotopic (exact) mass is 393 g/mol. The molecule has 0 bridgehead atoms. The Kier molecular flexibility index (Phi) is 6.88. The fourth-order valence-corrected chi connectivity index (χ4v) is 4.67. The third kappa shape index (κ3) is 5.08. The minimum atomic E-state index is -0.147. The SMILES string of the molecule is COc1cc(N)c(Cl)cc1C(=O)NC1CCN(CC2CCCCC2)CC1C. The average molecular weight is 394 g/mol. The molecule has 1 amide bonds. The molecule has 150 valence electrons. The van der Waals surface area contributed by atoms with Gasteiger partial charge in [0.1, 0.15) is 5.75 Å². The number of anilines is 1. The van der Waals surface area contributed by atoms with E-state index in [2.05, 4.69) is 17.1 Å². The summed E-state index contributed by atoms with van der Waals surface area (Å²) < 4.78 is 5.31. The van der Waals surface area contributed by atoms with Crippen LogP contribution in [0.3, 0.4) is 0 Å². The van der Waals surface area contributed by atoms with Crippen molar-refractivity contribution in [2.45, 2.75) is 51.5 Å². The van der Waals surface area contributed by atoms with Crippen molar-refractivity contribution in [2.75, 3.05) is 32.5 Å². The first-order valence-corrected chi connectivity index (χ1v) is 10.5. The van der Waals surface area contributed by atoms with Crippen molar-refractivity contribution in [3.05, 3.63) is 22.7 Å². The second-order valence-electron chi connectivity index (χ2n) is 8.18. The Morgan fingerprint density at radius 1 is 1.30 bits per heavy atom. The van der Waals surface area contributed by atoms with E-state index in [0.717, 1.165) is 25.4 Å². The van der Waals surface area contributed by atoms with Gasteiger partial charge in [-0.1, -0.05) is 37.8 Å². The Balaban J connectivity index is 1.57. The highest BCUT2D eigenvalue weighted by molar-refractivity contribution is 6.33. The third-order valence-corrected chi connectivity index (χ3v) is 6.44. The Morgan fingerprint density at radius 2 is 2.04 bits per heavy atom. The van der Waals surface area contributed by atoms with Crippen LogP contribution in [-0.4, -0.2) is 43.6 Å². The molecule has 0 spiro atoms. The van der Waals surface area contributed by atoms with Crippen LogP contribution in [0.5, 0.6) is 5.75 Å². The van der Waals surface area contributed by atoms with Gasteiger partial charge >= 0.3 is 0 Å². The lowest BCUT2D eigenvalue weighted by Gasteiger charge is -2.39. The first-order chi connectivity index (χ1) is 13.0. The lowest BCUT2D eigenvalue weighted by Crippen LogP contribution is -2.51. The van der Waals surface area contributed by atoms with E-state index in [1.807, 2.05) is 0 Å². The van der Waals surface area contributed by atoms with E-state index < -0.39 is 0 Å². The molecule has 1 aromatic carbocycles. The quantitative estimate of drug-likeness (QED) is 0.743. The van der Waals surface area contributed by atoms with Gasteiger partial charge in [0, 0.05) is 31.7 Å². The van der Waals surface area contributed by atoms with Gasteiger partial charge in [0.15, 0.2) is 0 Å². The van der Waals surface area contributed by atoms with Crippen molar-refractivity contribution in [3.63, 3.8) is 0 Å². The first kappa shape index (κ1) is 20.3. The third-order valence-electron chi connectivity index (χ3n) is 6.11. The molecule has 27 heavy (non-hydrogen) atoms. The number of likely N-dealkylation sites (tertiary alicyclic amines) is 1. The topological polar surface area (TPSA) is 67.6 Å². The number of halogens is 1. The summed E-state index contributed by atoms with van der Waals surface area (Å²) in [6, 6.07) is 3.36. The number of carbonyl (C=O) groups is 1. The number of methoxy groups -OCH3 is 1. The van der Waals surface area contributed by atoms with Gasteiger partial charge in [0.05, 0.1) is 23.4 Å². The molecular weight excluding hydrogens is 362 g/mol. The van der Waals surface area contributed by atoms with Crippen LogP contribution in [0.4, 0.5) is 5.69 Å². The number of benzene rings is 1. The predicted molar refractivity (Wildman–Crippen MR) is 110 cm³/mol. The van der Waals surface area contributed by atoms with Crippen LogP contribution < -0.4 is 15.8 Å². The number of hydrogen-bond donors (Lipinski definition) is 2. The van der Waals surface area contributed by atoms with Gasteiger partial charge in [-0.25, -0.2) is 0 Å². The highest BCUT2D eigenvalue weighted by Crippen LogP contribution is 2.30. The number of carbonyl (C=O) groups excluding carboxylic acids is 1. The highest BCUT2D eigenvalue weighted by Gasteiger charge is 2.29. The Hall–Kier alpha value is -1.46. The molecule has 2 aliphatic rings. The Bertz CT molecular complexity index is 661. The summed E-state index contributed by atoms with van der Waals surface area (Å²) in [7, 11) is 1.53. The van der Waals surface area contributed by atoms with Crippen molar-refractivity contribution in [1.82, 2.24) is 10.2 Å². The molecular formula is C21H32ClN3O2. The number of amides is 1. The van der Waals surface area contributed by atoms with Gasteiger partial charge in [-0.2, -0.15) is 0 Å². The summed E-state index contributed by atoms with van der Waals surface area (Å²) in [6.07, 6.45) is 7.91.